The highest BCUT2D eigenvalue weighted by Crippen LogP contribution is 2.24. The van der Waals surface area contributed by atoms with Crippen molar-refractivity contribution in [3.8, 4) is 0 Å². The molecule has 4 nitrogen and oxygen atoms in total. The maximum atomic E-state index is 5.83. The fourth-order valence-electron chi connectivity index (χ4n) is 2.15. The Morgan fingerprint density at radius 1 is 1.10 bits per heavy atom. The summed E-state index contributed by atoms with van der Waals surface area (Å²) in [5.74, 6) is 0.697. The van der Waals surface area contributed by atoms with Gasteiger partial charge in [0.05, 0.1) is 26.1 Å². The lowest BCUT2D eigenvalue weighted by molar-refractivity contribution is -0.238. The Morgan fingerprint density at radius 2 is 1.90 bits per heavy atom. The molecule has 106 valence electrons. The molecule has 0 radical (unpaired) electrons. The molecule has 2 heterocycles. The molecule has 0 aliphatic carbocycles. The van der Waals surface area contributed by atoms with Gasteiger partial charge in [-0.1, -0.05) is 24.3 Å². The van der Waals surface area contributed by atoms with Crippen LogP contribution >= 0.6 is 0 Å². The first-order valence-corrected chi connectivity index (χ1v) is 6.75. The van der Waals surface area contributed by atoms with E-state index in [1.807, 2.05) is 24.3 Å². The summed E-state index contributed by atoms with van der Waals surface area (Å²) in [6.07, 6.45) is 1.16. The average molecular weight is 274 g/mol. The molecule has 4 heteroatoms. The highest BCUT2D eigenvalue weighted by Gasteiger charge is 2.25. The zero-order chi connectivity index (χ0) is 13.8. The molecule has 0 N–H and O–H groups in total. The van der Waals surface area contributed by atoms with E-state index in [2.05, 4.69) is 19.1 Å². The maximum absolute atomic E-state index is 5.83. The lowest BCUT2D eigenvalue weighted by Crippen LogP contribution is -2.33. The van der Waals surface area contributed by atoms with E-state index in [0.717, 1.165) is 0 Å². The monoisotopic (exact) mass is 274 g/mol. The Balaban J connectivity index is 1.48. The van der Waals surface area contributed by atoms with Gasteiger partial charge in [-0.15, -0.1) is 0 Å². The molecule has 2 aromatic rings. The normalized spacial score (nSPS) is 22.9. The van der Waals surface area contributed by atoms with Crippen LogP contribution in [0.2, 0.25) is 0 Å². The van der Waals surface area contributed by atoms with Gasteiger partial charge in [-0.3, -0.25) is 0 Å². The molecular formula is C16H18O4. The molecular weight excluding hydrogens is 256 g/mol. The molecule has 1 aliphatic rings. The first kappa shape index (κ1) is 13.4. The molecule has 1 aromatic carbocycles. The highest BCUT2D eigenvalue weighted by molar-refractivity contribution is 5.24. The van der Waals surface area contributed by atoms with Crippen LogP contribution in [0.4, 0.5) is 0 Å². The van der Waals surface area contributed by atoms with Crippen LogP contribution in [0.25, 0.3) is 0 Å². The van der Waals surface area contributed by atoms with E-state index in [0.29, 0.717) is 25.6 Å². The van der Waals surface area contributed by atoms with E-state index in [9.17, 15) is 0 Å². The lowest BCUT2D eigenvalue weighted by Gasteiger charge is -2.28. The number of benzene rings is 1. The highest BCUT2D eigenvalue weighted by atomic mass is 16.7. The molecule has 0 unspecified atom stereocenters. The van der Waals surface area contributed by atoms with Crippen LogP contribution < -0.4 is 0 Å². The fraction of sp³-hybridized carbons (Fsp3) is 0.375. The van der Waals surface area contributed by atoms with Crippen molar-refractivity contribution < 1.29 is 18.6 Å². The van der Waals surface area contributed by atoms with Gasteiger partial charge >= 0.3 is 0 Å². The van der Waals surface area contributed by atoms with E-state index >= 15 is 0 Å². The SMILES string of the molecule is Cc1ccccc1COC1COC(c2ccco2)OC1. The second-order valence-electron chi connectivity index (χ2n) is 4.87. The Hall–Kier alpha value is -1.62. The molecule has 0 saturated carbocycles. The average Bonchev–Trinajstić information content (AvgIpc) is 3.01. The van der Waals surface area contributed by atoms with Crippen LogP contribution in [0.3, 0.4) is 0 Å². The summed E-state index contributed by atoms with van der Waals surface area (Å²) in [5.41, 5.74) is 2.43. The topological polar surface area (TPSA) is 40.8 Å². The zero-order valence-electron chi connectivity index (χ0n) is 11.5. The predicted molar refractivity (Wildman–Crippen MR) is 73.1 cm³/mol. The molecule has 0 amide bonds. The van der Waals surface area contributed by atoms with Gasteiger partial charge in [-0.25, -0.2) is 0 Å². The molecule has 1 saturated heterocycles. The summed E-state index contributed by atoms with van der Waals surface area (Å²) in [5, 5.41) is 0. The molecule has 0 bridgehead atoms. The molecule has 1 aliphatic heterocycles. The van der Waals surface area contributed by atoms with Gasteiger partial charge in [0.25, 0.3) is 0 Å². The summed E-state index contributed by atoms with van der Waals surface area (Å²) in [6.45, 7) is 3.68. The molecule has 20 heavy (non-hydrogen) atoms. The number of aryl methyl sites for hydroxylation is 1. The minimum absolute atomic E-state index is 0.0409. The van der Waals surface area contributed by atoms with Crippen molar-refractivity contribution >= 4 is 0 Å². The lowest BCUT2D eigenvalue weighted by atomic mass is 10.1. The van der Waals surface area contributed by atoms with Crippen LogP contribution in [0.5, 0.6) is 0 Å². The molecule has 1 fully saturated rings. The number of hydrogen-bond donors (Lipinski definition) is 0. The van der Waals surface area contributed by atoms with E-state index in [1.165, 1.54) is 11.1 Å². The Bertz CT molecular complexity index is 527. The Morgan fingerprint density at radius 3 is 2.60 bits per heavy atom. The van der Waals surface area contributed by atoms with Crippen molar-refractivity contribution in [3.05, 3.63) is 59.5 Å². The molecule has 0 atom stereocenters. The number of rotatable bonds is 4. The summed E-state index contributed by atoms with van der Waals surface area (Å²) in [4.78, 5) is 0. The minimum atomic E-state index is -0.414. The third kappa shape index (κ3) is 3.10. The third-order valence-corrected chi connectivity index (χ3v) is 3.38. The quantitative estimate of drug-likeness (QED) is 0.858. The Kier molecular flexibility index (Phi) is 4.16. The van der Waals surface area contributed by atoms with E-state index in [-0.39, 0.29) is 6.10 Å². The minimum Gasteiger partial charge on any atom is -0.464 e. The van der Waals surface area contributed by atoms with Gasteiger partial charge in [0.2, 0.25) is 6.29 Å². The largest absolute Gasteiger partial charge is 0.464 e. The fourth-order valence-corrected chi connectivity index (χ4v) is 2.15. The second kappa shape index (κ2) is 6.22. The van der Waals surface area contributed by atoms with Gasteiger partial charge in [0.1, 0.15) is 6.10 Å². The summed E-state index contributed by atoms with van der Waals surface area (Å²) < 4.78 is 22.3. The summed E-state index contributed by atoms with van der Waals surface area (Å²) in [7, 11) is 0. The smallest absolute Gasteiger partial charge is 0.217 e. The first-order valence-electron chi connectivity index (χ1n) is 6.75. The van der Waals surface area contributed by atoms with Crippen molar-refractivity contribution in [2.45, 2.75) is 25.9 Å². The predicted octanol–water partition coefficient (Wildman–Crippen LogP) is 3.22. The summed E-state index contributed by atoms with van der Waals surface area (Å²) in [6, 6.07) is 11.9. The van der Waals surface area contributed by atoms with Crippen molar-refractivity contribution in [2.75, 3.05) is 13.2 Å². The third-order valence-electron chi connectivity index (χ3n) is 3.38. The van der Waals surface area contributed by atoms with E-state index in [4.69, 9.17) is 18.6 Å². The van der Waals surface area contributed by atoms with Crippen LogP contribution in [0.15, 0.2) is 47.1 Å². The van der Waals surface area contributed by atoms with E-state index in [1.54, 1.807) is 6.26 Å². The van der Waals surface area contributed by atoms with Gasteiger partial charge in [-0.05, 0) is 30.2 Å². The first-order chi connectivity index (χ1) is 9.83. The van der Waals surface area contributed by atoms with Crippen LogP contribution in [-0.4, -0.2) is 19.3 Å². The van der Waals surface area contributed by atoms with Crippen molar-refractivity contribution in [1.29, 1.82) is 0 Å². The van der Waals surface area contributed by atoms with Gasteiger partial charge < -0.3 is 18.6 Å². The Labute approximate surface area is 118 Å². The van der Waals surface area contributed by atoms with Gasteiger partial charge in [0.15, 0.2) is 5.76 Å². The van der Waals surface area contributed by atoms with Crippen LogP contribution in [0.1, 0.15) is 23.2 Å². The zero-order valence-corrected chi connectivity index (χ0v) is 11.5. The van der Waals surface area contributed by atoms with Gasteiger partial charge in [-0.2, -0.15) is 0 Å². The van der Waals surface area contributed by atoms with Crippen molar-refractivity contribution in [3.63, 3.8) is 0 Å². The number of hydrogen-bond acceptors (Lipinski definition) is 4. The second-order valence-corrected chi connectivity index (χ2v) is 4.87. The van der Waals surface area contributed by atoms with E-state index < -0.39 is 6.29 Å². The van der Waals surface area contributed by atoms with Gasteiger partial charge in [0, 0.05) is 0 Å². The summed E-state index contributed by atoms with van der Waals surface area (Å²) >= 11 is 0. The van der Waals surface area contributed by atoms with Crippen molar-refractivity contribution in [2.24, 2.45) is 0 Å². The molecule has 1 aromatic heterocycles. The molecule has 0 spiro atoms. The standard InChI is InChI=1S/C16H18O4/c1-12-5-2-3-6-13(12)9-18-14-10-19-16(20-11-14)15-7-4-8-17-15/h2-8,14,16H,9-11H2,1H3. The number of ether oxygens (including phenoxy) is 3. The number of furan rings is 1. The van der Waals surface area contributed by atoms with Crippen LogP contribution in [0, 0.1) is 6.92 Å². The maximum Gasteiger partial charge on any atom is 0.217 e. The van der Waals surface area contributed by atoms with Crippen LogP contribution in [-0.2, 0) is 20.8 Å². The molecule has 3 rings (SSSR count). The van der Waals surface area contributed by atoms with Crippen molar-refractivity contribution in [1.82, 2.24) is 0 Å².